The van der Waals surface area contributed by atoms with Gasteiger partial charge in [0.15, 0.2) is 0 Å². The van der Waals surface area contributed by atoms with Gasteiger partial charge in [-0.15, -0.1) is 0 Å². The van der Waals surface area contributed by atoms with Gasteiger partial charge < -0.3 is 20.0 Å². The van der Waals surface area contributed by atoms with Crippen LogP contribution in [0, 0.1) is 5.92 Å². The largest absolute Gasteiger partial charge is 0.481 e. The molecule has 0 saturated carbocycles. The van der Waals surface area contributed by atoms with Gasteiger partial charge in [-0.3, -0.25) is 4.79 Å². The number of carbonyl (C=O) groups is 2. The Kier molecular flexibility index (Phi) is 3.00. The molecule has 2 amide bonds. The zero-order valence-corrected chi connectivity index (χ0v) is 9.00. The Morgan fingerprint density at radius 3 is 2.38 bits per heavy atom. The van der Waals surface area contributed by atoms with Crippen LogP contribution >= 0.6 is 0 Å². The number of nitrogens with zero attached hydrogens (tertiary/aromatic N) is 2. The molecule has 0 radical (unpaired) electrons. The van der Waals surface area contributed by atoms with E-state index in [0.29, 0.717) is 26.2 Å². The average molecular weight is 228 g/mol. The number of piperidine rings is 1. The summed E-state index contributed by atoms with van der Waals surface area (Å²) in [6.45, 7) is 1.61. The zero-order chi connectivity index (χ0) is 11.7. The summed E-state index contributed by atoms with van der Waals surface area (Å²) in [5, 5.41) is 18.1. The van der Waals surface area contributed by atoms with E-state index in [2.05, 4.69) is 0 Å². The molecule has 1 unspecified atom stereocenters. The van der Waals surface area contributed by atoms with Crippen molar-refractivity contribution in [3.63, 3.8) is 0 Å². The minimum atomic E-state index is -0.845. The first-order valence-electron chi connectivity index (χ1n) is 5.52. The van der Waals surface area contributed by atoms with E-state index in [1.807, 2.05) is 0 Å². The minimum Gasteiger partial charge on any atom is -0.481 e. The van der Waals surface area contributed by atoms with Crippen molar-refractivity contribution < 1.29 is 19.8 Å². The molecular weight excluding hydrogens is 212 g/mol. The molecule has 1 atom stereocenters. The van der Waals surface area contributed by atoms with Crippen LogP contribution in [0.4, 0.5) is 4.79 Å². The van der Waals surface area contributed by atoms with Crippen LogP contribution in [-0.4, -0.2) is 64.3 Å². The third kappa shape index (κ3) is 2.11. The fourth-order valence-electron chi connectivity index (χ4n) is 2.12. The summed E-state index contributed by atoms with van der Waals surface area (Å²) in [5.74, 6) is -1.26. The van der Waals surface area contributed by atoms with Crippen LogP contribution in [0.5, 0.6) is 0 Å². The van der Waals surface area contributed by atoms with Crippen molar-refractivity contribution in [2.24, 2.45) is 5.92 Å². The molecule has 2 N–H and O–H groups in total. The Hall–Kier alpha value is -1.30. The Labute approximate surface area is 93.4 Å². The molecular formula is C10H16N2O4. The lowest BCUT2D eigenvalue weighted by Crippen LogP contribution is -2.58. The molecule has 2 saturated heterocycles. The summed E-state index contributed by atoms with van der Waals surface area (Å²) in [7, 11) is 0. The molecule has 2 aliphatic heterocycles. The number of hydrogen-bond acceptors (Lipinski definition) is 3. The van der Waals surface area contributed by atoms with Gasteiger partial charge in [-0.25, -0.2) is 4.79 Å². The molecule has 16 heavy (non-hydrogen) atoms. The number of carbonyl (C=O) groups excluding carboxylic acids is 1. The first-order valence-corrected chi connectivity index (χ1v) is 5.52. The van der Waals surface area contributed by atoms with Crippen molar-refractivity contribution in [3.8, 4) is 0 Å². The Bertz CT molecular complexity index is 301. The second-order valence-corrected chi connectivity index (χ2v) is 4.46. The molecule has 2 aliphatic rings. The van der Waals surface area contributed by atoms with E-state index in [1.165, 1.54) is 4.90 Å². The van der Waals surface area contributed by atoms with Crippen molar-refractivity contribution in [2.45, 2.75) is 18.9 Å². The van der Waals surface area contributed by atoms with Crippen molar-refractivity contribution in [2.75, 3.05) is 26.2 Å². The Morgan fingerprint density at radius 1 is 1.12 bits per heavy atom. The van der Waals surface area contributed by atoms with Crippen LogP contribution in [0.25, 0.3) is 0 Å². The van der Waals surface area contributed by atoms with Gasteiger partial charge in [0.25, 0.3) is 0 Å². The molecule has 0 aromatic carbocycles. The highest BCUT2D eigenvalue weighted by molar-refractivity contribution is 5.79. The van der Waals surface area contributed by atoms with Crippen LogP contribution < -0.4 is 0 Å². The lowest BCUT2D eigenvalue weighted by atomic mass is 10.0. The molecule has 0 aliphatic carbocycles. The summed E-state index contributed by atoms with van der Waals surface area (Å²) in [6.07, 6.45) is 1.11. The highest BCUT2D eigenvalue weighted by Crippen LogP contribution is 2.19. The normalized spacial score (nSPS) is 26.4. The average Bonchev–Trinajstić information content (AvgIpc) is 2.14. The van der Waals surface area contributed by atoms with Crippen LogP contribution in [0.3, 0.4) is 0 Å². The van der Waals surface area contributed by atoms with Crippen molar-refractivity contribution in [1.82, 2.24) is 9.80 Å². The molecule has 0 spiro atoms. The van der Waals surface area contributed by atoms with Gasteiger partial charge in [-0.1, -0.05) is 0 Å². The first kappa shape index (κ1) is 11.2. The first-order chi connectivity index (χ1) is 7.58. The number of carboxylic acids is 1. The maximum absolute atomic E-state index is 11.8. The van der Waals surface area contributed by atoms with Crippen LogP contribution in [0.15, 0.2) is 0 Å². The van der Waals surface area contributed by atoms with E-state index in [0.717, 1.165) is 12.8 Å². The molecule has 2 rings (SSSR count). The van der Waals surface area contributed by atoms with E-state index in [-0.39, 0.29) is 6.03 Å². The standard InChI is InChI=1S/C10H16N2O4/c13-8-2-1-3-11(6-8)10(16)12-4-7(5-12)9(14)15/h7-8,13H,1-6H2,(H,14,15). The molecule has 2 fully saturated rings. The second-order valence-electron chi connectivity index (χ2n) is 4.46. The maximum Gasteiger partial charge on any atom is 0.320 e. The van der Waals surface area contributed by atoms with E-state index in [4.69, 9.17) is 5.11 Å². The van der Waals surface area contributed by atoms with Crippen molar-refractivity contribution in [1.29, 1.82) is 0 Å². The highest BCUT2D eigenvalue weighted by Gasteiger charge is 2.38. The number of hydrogen-bond donors (Lipinski definition) is 2. The number of aliphatic hydroxyl groups excluding tert-OH is 1. The molecule has 90 valence electrons. The van der Waals surface area contributed by atoms with Gasteiger partial charge in [0.1, 0.15) is 0 Å². The molecule has 0 aromatic heterocycles. The maximum atomic E-state index is 11.8. The number of carboxylic acid groups (broad SMARTS) is 1. The summed E-state index contributed by atoms with van der Waals surface area (Å²) >= 11 is 0. The monoisotopic (exact) mass is 228 g/mol. The van der Waals surface area contributed by atoms with Crippen LogP contribution in [0.1, 0.15) is 12.8 Å². The Morgan fingerprint density at radius 2 is 1.81 bits per heavy atom. The quantitative estimate of drug-likeness (QED) is 0.638. The molecule has 6 heteroatoms. The summed E-state index contributed by atoms with van der Waals surface area (Å²) in [4.78, 5) is 25.6. The van der Waals surface area contributed by atoms with Gasteiger partial charge in [0.05, 0.1) is 12.0 Å². The van der Waals surface area contributed by atoms with Crippen LogP contribution in [0.2, 0.25) is 0 Å². The third-order valence-corrected chi connectivity index (χ3v) is 3.17. The predicted molar refractivity (Wildman–Crippen MR) is 54.9 cm³/mol. The van der Waals surface area contributed by atoms with Crippen LogP contribution in [-0.2, 0) is 4.79 Å². The topological polar surface area (TPSA) is 81.1 Å². The molecule has 6 nitrogen and oxygen atoms in total. The number of aliphatic hydroxyl groups is 1. The Balaban J connectivity index is 1.82. The zero-order valence-electron chi connectivity index (χ0n) is 9.00. The van der Waals surface area contributed by atoms with E-state index in [1.54, 1.807) is 4.90 Å². The van der Waals surface area contributed by atoms with E-state index < -0.39 is 18.0 Å². The number of aliphatic carboxylic acids is 1. The van der Waals surface area contributed by atoms with Gasteiger partial charge in [-0.05, 0) is 12.8 Å². The third-order valence-electron chi connectivity index (χ3n) is 3.17. The predicted octanol–water partition coefficient (Wildman–Crippen LogP) is -0.421. The fraction of sp³-hybridized carbons (Fsp3) is 0.800. The number of β-amino-alcohol motifs (C(OH)–C–C–N with tert-alkyl or cyclic N) is 1. The van der Waals surface area contributed by atoms with E-state index >= 15 is 0 Å². The lowest BCUT2D eigenvalue weighted by molar-refractivity contribution is -0.146. The van der Waals surface area contributed by atoms with Crippen molar-refractivity contribution >= 4 is 12.0 Å². The smallest absolute Gasteiger partial charge is 0.320 e. The number of urea groups is 1. The number of amides is 2. The highest BCUT2D eigenvalue weighted by atomic mass is 16.4. The summed E-state index contributed by atoms with van der Waals surface area (Å²) in [5.41, 5.74) is 0. The molecule has 0 bridgehead atoms. The molecule has 0 aromatic rings. The SMILES string of the molecule is O=C(O)C1CN(C(=O)N2CCCC(O)C2)C1. The van der Waals surface area contributed by atoms with Gasteiger partial charge in [-0.2, -0.15) is 0 Å². The van der Waals surface area contributed by atoms with Gasteiger partial charge >= 0.3 is 12.0 Å². The number of rotatable bonds is 1. The van der Waals surface area contributed by atoms with Crippen molar-refractivity contribution in [3.05, 3.63) is 0 Å². The second kappa shape index (κ2) is 4.29. The van der Waals surface area contributed by atoms with Gasteiger partial charge in [0, 0.05) is 26.2 Å². The molecule has 2 heterocycles. The van der Waals surface area contributed by atoms with E-state index in [9.17, 15) is 14.7 Å². The lowest BCUT2D eigenvalue weighted by Gasteiger charge is -2.41. The summed E-state index contributed by atoms with van der Waals surface area (Å²) in [6, 6.07) is -0.142. The summed E-state index contributed by atoms with van der Waals surface area (Å²) < 4.78 is 0. The van der Waals surface area contributed by atoms with Gasteiger partial charge in [0.2, 0.25) is 0 Å². The minimum absolute atomic E-state index is 0.142. The fourth-order valence-corrected chi connectivity index (χ4v) is 2.12. The number of likely N-dealkylation sites (tertiary alicyclic amines) is 2.